The number of rotatable bonds is 6. The highest BCUT2D eigenvalue weighted by Crippen LogP contribution is 2.30. The molecule has 1 saturated carbocycles. The number of carbonyl (C=O) groups is 2. The molecule has 0 bridgehead atoms. The Morgan fingerprint density at radius 2 is 1.79 bits per heavy atom. The highest BCUT2D eigenvalue weighted by Gasteiger charge is 2.33. The molecule has 3 rings (SSSR count). The van der Waals surface area contributed by atoms with Crippen molar-refractivity contribution in [3.05, 3.63) is 29.8 Å². The number of ether oxygens (including phenoxy) is 1. The Labute approximate surface area is 167 Å². The summed E-state index contributed by atoms with van der Waals surface area (Å²) in [6, 6.07) is 7.31. The first-order valence-electron chi connectivity index (χ1n) is 10.5. The maximum absolute atomic E-state index is 12.7. The van der Waals surface area contributed by atoms with Crippen molar-refractivity contribution in [2.24, 2.45) is 0 Å². The summed E-state index contributed by atoms with van der Waals surface area (Å²) >= 11 is 0. The lowest BCUT2D eigenvalue weighted by Gasteiger charge is -2.34. The van der Waals surface area contributed by atoms with Gasteiger partial charge in [0.05, 0.1) is 18.6 Å². The molecule has 0 atom stereocenters. The van der Waals surface area contributed by atoms with Crippen molar-refractivity contribution in [2.75, 3.05) is 19.7 Å². The molecule has 2 fully saturated rings. The molecule has 1 aliphatic heterocycles. The Bertz CT molecular complexity index is 660. The molecule has 2 N–H and O–H groups in total. The Balaban J connectivity index is 1.44. The highest BCUT2D eigenvalue weighted by atomic mass is 16.5. The molecule has 1 heterocycles. The first-order valence-corrected chi connectivity index (χ1v) is 10.5. The number of nitrogens with one attached hydrogen (secondary N) is 1. The normalized spacial score (nSPS) is 19.9. The van der Waals surface area contributed by atoms with Gasteiger partial charge < -0.3 is 20.1 Å². The van der Waals surface area contributed by atoms with Crippen molar-refractivity contribution in [1.82, 2.24) is 10.2 Å². The molecule has 1 aliphatic carbocycles. The van der Waals surface area contributed by atoms with Gasteiger partial charge in [0.1, 0.15) is 5.75 Å². The molecule has 1 aromatic carbocycles. The van der Waals surface area contributed by atoms with E-state index in [0.29, 0.717) is 25.3 Å². The second-order valence-electron chi connectivity index (χ2n) is 8.05. The summed E-state index contributed by atoms with van der Waals surface area (Å²) in [6.45, 7) is 3.78. The van der Waals surface area contributed by atoms with Crippen molar-refractivity contribution in [1.29, 1.82) is 0 Å². The molecule has 28 heavy (non-hydrogen) atoms. The van der Waals surface area contributed by atoms with Gasteiger partial charge in [-0.15, -0.1) is 0 Å². The highest BCUT2D eigenvalue weighted by molar-refractivity contribution is 5.94. The van der Waals surface area contributed by atoms with Crippen LogP contribution in [0.3, 0.4) is 0 Å². The number of benzene rings is 1. The van der Waals surface area contributed by atoms with Gasteiger partial charge in [-0.05, 0) is 56.9 Å². The first-order chi connectivity index (χ1) is 13.5. The molecule has 154 valence electrons. The van der Waals surface area contributed by atoms with Crippen molar-refractivity contribution in [3.8, 4) is 5.75 Å². The van der Waals surface area contributed by atoms with Gasteiger partial charge in [0.25, 0.3) is 5.91 Å². The van der Waals surface area contributed by atoms with Crippen LogP contribution in [-0.2, 0) is 4.79 Å². The van der Waals surface area contributed by atoms with Gasteiger partial charge >= 0.3 is 0 Å². The zero-order chi connectivity index (χ0) is 20.0. The molecule has 0 aromatic heterocycles. The smallest absolute Gasteiger partial charge is 0.253 e. The summed E-state index contributed by atoms with van der Waals surface area (Å²) in [7, 11) is 0. The minimum absolute atomic E-state index is 0.0179. The summed E-state index contributed by atoms with van der Waals surface area (Å²) in [5.41, 5.74) is -0.169. The predicted octanol–water partition coefficient (Wildman–Crippen LogP) is 2.89. The van der Waals surface area contributed by atoms with Crippen LogP contribution in [0.2, 0.25) is 0 Å². The summed E-state index contributed by atoms with van der Waals surface area (Å²) in [6.07, 6.45) is 6.25. The maximum Gasteiger partial charge on any atom is 0.253 e. The Morgan fingerprint density at radius 1 is 1.14 bits per heavy atom. The van der Waals surface area contributed by atoms with Gasteiger partial charge in [0.2, 0.25) is 5.91 Å². The van der Waals surface area contributed by atoms with Crippen LogP contribution in [0, 0.1) is 0 Å². The average molecular weight is 389 g/mol. The third-order valence-corrected chi connectivity index (χ3v) is 5.83. The number of aliphatic hydroxyl groups is 1. The van der Waals surface area contributed by atoms with Gasteiger partial charge in [0, 0.05) is 24.7 Å². The van der Waals surface area contributed by atoms with Gasteiger partial charge in [-0.2, -0.15) is 0 Å². The van der Waals surface area contributed by atoms with Crippen molar-refractivity contribution in [2.45, 2.75) is 69.9 Å². The van der Waals surface area contributed by atoms with E-state index in [1.54, 1.807) is 12.1 Å². The minimum atomic E-state index is -0.827. The molecule has 0 spiro atoms. The number of likely N-dealkylation sites (tertiary alicyclic amines) is 1. The molecule has 2 amide bonds. The van der Waals surface area contributed by atoms with E-state index in [9.17, 15) is 14.7 Å². The lowest BCUT2D eigenvalue weighted by Crippen LogP contribution is -2.48. The maximum atomic E-state index is 12.7. The van der Waals surface area contributed by atoms with E-state index >= 15 is 0 Å². The summed E-state index contributed by atoms with van der Waals surface area (Å²) in [5, 5.41) is 13.6. The Morgan fingerprint density at radius 3 is 2.39 bits per heavy atom. The lowest BCUT2D eigenvalue weighted by atomic mass is 9.82. The molecule has 0 unspecified atom stereocenters. The Kier molecular flexibility index (Phi) is 6.94. The van der Waals surface area contributed by atoms with Crippen LogP contribution >= 0.6 is 0 Å². The van der Waals surface area contributed by atoms with E-state index in [0.717, 1.165) is 50.7 Å². The molecular formula is C22H32N2O4. The fourth-order valence-corrected chi connectivity index (χ4v) is 4.23. The van der Waals surface area contributed by atoms with E-state index in [-0.39, 0.29) is 24.3 Å². The predicted molar refractivity (Wildman–Crippen MR) is 107 cm³/mol. The summed E-state index contributed by atoms with van der Waals surface area (Å²) in [5.74, 6) is 0.713. The number of hydrogen-bond donors (Lipinski definition) is 2. The standard InChI is InChI=1S/C22H32N2O4/c1-2-28-19-8-6-17(7-9-19)21(26)24-14-10-18(11-15-24)23-20(25)16-22(27)12-4-3-5-13-22/h6-9,18,27H,2-5,10-16H2,1H3,(H,23,25). The third kappa shape index (κ3) is 5.47. The van der Waals surface area contributed by atoms with Gasteiger partial charge in [-0.3, -0.25) is 9.59 Å². The van der Waals surface area contributed by atoms with Crippen LogP contribution in [0.25, 0.3) is 0 Å². The number of hydrogen-bond acceptors (Lipinski definition) is 4. The lowest BCUT2D eigenvalue weighted by molar-refractivity contribution is -0.128. The van der Waals surface area contributed by atoms with Crippen LogP contribution in [0.5, 0.6) is 5.75 Å². The number of carbonyl (C=O) groups excluding carboxylic acids is 2. The van der Waals surface area contributed by atoms with E-state index in [4.69, 9.17) is 4.74 Å². The molecule has 1 saturated heterocycles. The van der Waals surface area contributed by atoms with Gasteiger partial charge in [0.15, 0.2) is 0 Å². The van der Waals surface area contributed by atoms with Crippen LogP contribution in [-0.4, -0.2) is 53.2 Å². The SMILES string of the molecule is CCOc1ccc(C(=O)N2CCC(NC(=O)CC3(O)CCCCC3)CC2)cc1. The van der Waals surface area contributed by atoms with Gasteiger partial charge in [-0.25, -0.2) is 0 Å². The van der Waals surface area contributed by atoms with Crippen LogP contribution in [0.15, 0.2) is 24.3 Å². The number of nitrogens with zero attached hydrogens (tertiary/aromatic N) is 1. The molecule has 6 nitrogen and oxygen atoms in total. The van der Waals surface area contributed by atoms with E-state index < -0.39 is 5.60 Å². The van der Waals surface area contributed by atoms with Crippen molar-refractivity contribution >= 4 is 11.8 Å². The minimum Gasteiger partial charge on any atom is -0.494 e. The quantitative estimate of drug-likeness (QED) is 0.785. The Hall–Kier alpha value is -2.08. The van der Waals surface area contributed by atoms with Crippen LogP contribution < -0.4 is 10.1 Å². The van der Waals surface area contributed by atoms with Crippen molar-refractivity contribution < 1.29 is 19.4 Å². The van der Waals surface area contributed by atoms with Gasteiger partial charge in [-0.1, -0.05) is 19.3 Å². The first kappa shape index (κ1) is 20.6. The molecular weight excluding hydrogens is 356 g/mol. The zero-order valence-corrected chi connectivity index (χ0v) is 16.8. The van der Waals surface area contributed by atoms with E-state index in [1.165, 1.54) is 0 Å². The second-order valence-corrected chi connectivity index (χ2v) is 8.05. The van der Waals surface area contributed by atoms with E-state index in [2.05, 4.69) is 5.32 Å². The van der Waals surface area contributed by atoms with Crippen molar-refractivity contribution in [3.63, 3.8) is 0 Å². The number of amides is 2. The molecule has 6 heteroatoms. The average Bonchev–Trinajstić information content (AvgIpc) is 2.69. The zero-order valence-electron chi connectivity index (χ0n) is 16.8. The summed E-state index contributed by atoms with van der Waals surface area (Å²) in [4.78, 5) is 26.9. The summed E-state index contributed by atoms with van der Waals surface area (Å²) < 4.78 is 5.42. The fraction of sp³-hybridized carbons (Fsp3) is 0.636. The van der Waals surface area contributed by atoms with Crippen LogP contribution in [0.1, 0.15) is 68.6 Å². The van der Waals surface area contributed by atoms with Crippen LogP contribution in [0.4, 0.5) is 0 Å². The monoisotopic (exact) mass is 388 g/mol. The molecule has 2 aliphatic rings. The molecule has 0 radical (unpaired) electrons. The van der Waals surface area contributed by atoms with E-state index in [1.807, 2.05) is 24.0 Å². The fourth-order valence-electron chi connectivity index (χ4n) is 4.23. The second kappa shape index (κ2) is 9.41. The third-order valence-electron chi connectivity index (χ3n) is 5.83. The topological polar surface area (TPSA) is 78.9 Å². The molecule has 1 aromatic rings. The number of piperidine rings is 1. The largest absolute Gasteiger partial charge is 0.494 e.